The number of anilines is 1. The molecule has 0 amide bonds. The van der Waals surface area contributed by atoms with E-state index < -0.39 is 0 Å². The molecule has 2 N–H and O–H groups in total. The van der Waals surface area contributed by atoms with Crippen LogP contribution in [0.1, 0.15) is 31.0 Å². The van der Waals surface area contributed by atoms with E-state index in [1.807, 2.05) is 19.1 Å². The van der Waals surface area contributed by atoms with E-state index in [0.717, 1.165) is 18.7 Å². The molecule has 2 atom stereocenters. The molecule has 3 nitrogen and oxygen atoms in total. The van der Waals surface area contributed by atoms with Gasteiger partial charge in [-0.3, -0.25) is 0 Å². The number of hydrogen-bond donors (Lipinski definition) is 1. The van der Waals surface area contributed by atoms with Crippen LogP contribution in [0.15, 0.2) is 54.6 Å². The van der Waals surface area contributed by atoms with Crippen molar-refractivity contribution in [2.24, 2.45) is 5.73 Å². The SMILES string of the molecule is CCN(Cc1ccccc1)c1ccccc1C(N)C(C)OC. The van der Waals surface area contributed by atoms with Crippen LogP contribution in [0.25, 0.3) is 0 Å². The van der Waals surface area contributed by atoms with Gasteiger partial charge in [-0.05, 0) is 31.0 Å². The number of nitrogens with zero attached hydrogens (tertiary/aromatic N) is 1. The molecule has 0 fully saturated rings. The quantitative estimate of drug-likeness (QED) is 0.846. The molecule has 0 spiro atoms. The maximum Gasteiger partial charge on any atom is 0.0736 e. The topological polar surface area (TPSA) is 38.5 Å². The summed E-state index contributed by atoms with van der Waals surface area (Å²) in [5.41, 5.74) is 10.0. The highest BCUT2D eigenvalue weighted by molar-refractivity contribution is 5.55. The summed E-state index contributed by atoms with van der Waals surface area (Å²) in [7, 11) is 1.70. The summed E-state index contributed by atoms with van der Waals surface area (Å²) in [6, 6.07) is 18.7. The lowest BCUT2D eigenvalue weighted by Crippen LogP contribution is -2.29. The van der Waals surface area contributed by atoms with Crippen molar-refractivity contribution in [3.8, 4) is 0 Å². The lowest BCUT2D eigenvalue weighted by molar-refractivity contribution is 0.0957. The molecule has 118 valence electrons. The second-order valence-corrected chi connectivity index (χ2v) is 5.53. The van der Waals surface area contributed by atoms with E-state index in [9.17, 15) is 0 Å². The molecule has 0 aromatic heterocycles. The molecule has 2 rings (SSSR count). The average molecular weight is 298 g/mol. The van der Waals surface area contributed by atoms with E-state index in [2.05, 4.69) is 54.3 Å². The third kappa shape index (κ3) is 3.87. The summed E-state index contributed by atoms with van der Waals surface area (Å²) in [4.78, 5) is 2.35. The van der Waals surface area contributed by atoms with Crippen molar-refractivity contribution in [3.63, 3.8) is 0 Å². The van der Waals surface area contributed by atoms with Crippen LogP contribution in [-0.4, -0.2) is 19.8 Å². The Balaban J connectivity index is 2.29. The van der Waals surface area contributed by atoms with Gasteiger partial charge in [-0.1, -0.05) is 48.5 Å². The molecular weight excluding hydrogens is 272 g/mol. The van der Waals surface area contributed by atoms with E-state index >= 15 is 0 Å². The highest BCUT2D eigenvalue weighted by Gasteiger charge is 2.19. The van der Waals surface area contributed by atoms with E-state index in [-0.39, 0.29) is 12.1 Å². The summed E-state index contributed by atoms with van der Waals surface area (Å²) < 4.78 is 5.41. The first kappa shape index (κ1) is 16.5. The van der Waals surface area contributed by atoms with Crippen LogP contribution in [0.4, 0.5) is 5.69 Å². The predicted octanol–water partition coefficient (Wildman–Crippen LogP) is 3.75. The zero-order valence-electron chi connectivity index (χ0n) is 13.7. The van der Waals surface area contributed by atoms with Crippen LogP contribution in [0.3, 0.4) is 0 Å². The highest BCUT2D eigenvalue weighted by atomic mass is 16.5. The fourth-order valence-electron chi connectivity index (χ4n) is 2.63. The minimum absolute atomic E-state index is 0.0171. The second kappa shape index (κ2) is 7.97. The normalized spacial score (nSPS) is 13.6. The Morgan fingerprint density at radius 3 is 2.32 bits per heavy atom. The summed E-state index contributed by atoms with van der Waals surface area (Å²) in [5.74, 6) is 0. The van der Waals surface area contributed by atoms with Gasteiger partial charge in [0.1, 0.15) is 0 Å². The van der Waals surface area contributed by atoms with Crippen LogP contribution in [0, 0.1) is 0 Å². The van der Waals surface area contributed by atoms with Gasteiger partial charge in [0.15, 0.2) is 0 Å². The number of nitrogens with two attached hydrogens (primary N) is 1. The van der Waals surface area contributed by atoms with Crippen LogP contribution in [0.5, 0.6) is 0 Å². The van der Waals surface area contributed by atoms with E-state index in [1.54, 1.807) is 7.11 Å². The lowest BCUT2D eigenvalue weighted by Gasteiger charge is -2.29. The first-order chi connectivity index (χ1) is 10.7. The number of benzene rings is 2. The minimum atomic E-state index is -0.133. The average Bonchev–Trinajstić information content (AvgIpc) is 2.59. The fourth-order valence-corrected chi connectivity index (χ4v) is 2.63. The Morgan fingerprint density at radius 2 is 1.68 bits per heavy atom. The van der Waals surface area contributed by atoms with Gasteiger partial charge >= 0.3 is 0 Å². The molecule has 0 saturated heterocycles. The molecule has 0 aliphatic carbocycles. The minimum Gasteiger partial charge on any atom is -0.380 e. The Labute approximate surface area is 133 Å². The summed E-state index contributed by atoms with van der Waals surface area (Å²) in [5, 5.41) is 0. The number of para-hydroxylation sites is 1. The maximum absolute atomic E-state index is 6.38. The Morgan fingerprint density at radius 1 is 1.05 bits per heavy atom. The third-order valence-corrected chi connectivity index (χ3v) is 4.11. The van der Waals surface area contributed by atoms with Gasteiger partial charge < -0.3 is 15.4 Å². The van der Waals surface area contributed by atoms with Crippen molar-refractivity contribution in [2.75, 3.05) is 18.6 Å². The number of hydrogen-bond acceptors (Lipinski definition) is 3. The zero-order chi connectivity index (χ0) is 15.9. The summed E-state index contributed by atoms with van der Waals surface area (Å²) >= 11 is 0. The molecule has 0 aliphatic heterocycles. The van der Waals surface area contributed by atoms with Crippen molar-refractivity contribution < 1.29 is 4.74 Å². The molecule has 2 unspecified atom stereocenters. The molecule has 2 aromatic rings. The zero-order valence-corrected chi connectivity index (χ0v) is 13.7. The summed E-state index contributed by atoms with van der Waals surface area (Å²) in [6.07, 6.45) is -0.0171. The molecule has 0 bridgehead atoms. The van der Waals surface area contributed by atoms with Crippen molar-refractivity contribution >= 4 is 5.69 Å². The van der Waals surface area contributed by atoms with E-state index in [1.165, 1.54) is 11.3 Å². The second-order valence-electron chi connectivity index (χ2n) is 5.53. The first-order valence-electron chi connectivity index (χ1n) is 7.83. The molecule has 0 aliphatic rings. The van der Waals surface area contributed by atoms with Crippen molar-refractivity contribution in [1.82, 2.24) is 0 Å². The third-order valence-electron chi connectivity index (χ3n) is 4.11. The largest absolute Gasteiger partial charge is 0.380 e. The molecule has 2 aromatic carbocycles. The van der Waals surface area contributed by atoms with Gasteiger partial charge in [0.2, 0.25) is 0 Å². The van der Waals surface area contributed by atoms with Crippen LogP contribution in [-0.2, 0) is 11.3 Å². The van der Waals surface area contributed by atoms with Gasteiger partial charge in [-0.2, -0.15) is 0 Å². The van der Waals surface area contributed by atoms with Crippen molar-refractivity contribution in [2.45, 2.75) is 32.5 Å². The van der Waals surface area contributed by atoms with E-state index in [0.29, 0.717) is 0 Å². The summed E-state index contributed by atoms with van der Waals surface area (Å²) in [6.45, 7) is 5.99. The first-order valence-corrected chi connectivity index (χ1v) is 7.83. The fraction of sp³-hybridized carbons (Fsp3) is 0.368. The van der Waals surface area contributed by atoms with Gasteiger partial charge in [0, 0.05) is 25.9 Å². The number of ether oxygens (including phenoxy) is 1. The Bertz CT molecular complexity index is 571. The van der Waals surface area contributed by atoms with Gasteiger partial charge in [-0.25, -0.2) is 0 Å². The molecular formula is C19H26N2O. The molecule has 22 heavy (non-hydrogen) atoms. The molecule has 0 heterocycles. The molecule has 3 heteroatoms. The smallest absolute Gasteiger partial charge is 0.0736 e. The molecule has 0 saturated carbocycles. The maximum atomic E-state index is 6.38. The lowest BCUT2D eigenvalue weighted by atomic mass is 10.00. The van der Waals surface area contributed by atoms with Crippen molar-refractivity contribution in [3.05, 3.63) is 65.7 Å². The van der Waals surface area contributed by atoms with Gasteiger partial charge in [0.05, 0.1) is 12.1 Å². The van der Waals surface area contributed by atoms with E-state index in [4.69, 9.17) is 10.5 Å². The predicted molar refractivity (Wildman–Crippen MR) is 93.0 cm³/mol. The van der Waals surface area contributed by atoms with Gasteiger partial charge in [-0.15, -0.1) is 0 Å². The van der Waals surface area contributed by atoms with Crippen LogP contribution in [0.2, 0.25) is 0 Å². The molecule has 0 radical (unpaired) electrons. The van der Waals surface area contributed by atoms with Crippen molar-refractivity contribution in [1.29, 1.82) is 0 Å². The van der Waals surface area contributed by atoms with Gasteiger partial charge in [0.25, 0.3) is 0 Å². The Hall–Kier alpha value is -1.84. The number of rotatable bonds is 7. The number of methoxy groups -OCH3 is 1. The van der Waals surface area contributed by atoms with Crippen LogP contribution >= 0.6 is 0 Å². The monoisotopic (exact) mass is 298 g/mol. The Kier molecular flexibility index (Phi) is 5.99. The highest BCUT2D eigenvalue weighted by Crippen LogP contribution is 2.28. The standard InChI is InChI=1S/C19H26N2O/c1-4-21(14-16-10-6-5-7-11-16)18-13-9-8-12-17(18)19(20)15(2)22-3/h5-13,15,19H,4,14,20H2,1-3H3. The van der Waals surface area contributed by atoms with Crippen LogP contribution < -0.4 is 10.6 Å².